The van der Waals surface area contributed by atoms with E-state index in [1.165, 1.54) is 45.5 Å². The number of ether oxygens (including phenoxy) is 2. The third kappa shape index (κ3) is 11.5. The molecule has 4 rings (SSSR count). The summed E-state index contributed by atoms with van der Waals surface area (Å²) in [5.41, 5.74) is 6.42. The van der Waals surface area contributed by atoms with Crippen molar-refractivity contribution in [1.29, 1.82) is 0 Å². The molecule has 1 fully saturated rings. The molecule has 38 heavy (non-hydrogen) atoms. The zero-order valence-corrected chi connectivity index (χ0v) is 22.9. The van der Waals surface area contributed by atoms with Gasteiger partial charge in [-0.3, -0.25) is 4.79 Å². The zero-order chi connectivity index (χ0) is 28.3. The SMILES string of the molecule is C1CCNCC1.COc1c(N)cccc1Cl.[C-]#[N+]CC(=O)OCC.[C-]#[N+]c1cc2c(Cl)cccc2[nH]c1=O. The van der Waals surface area contributed by atoms with Gasteiger partial charge in [0.2, 0.25) is 0 Å². The highest BCUT2D eigenvalue weighted by Crippen LogP contribution is 2.29. The van der Waals surface area contributed by atoms with Crippen LogP contribution in [0.4, 0.5) is 11.4 Å². The van der Waals surface area contributed by atoms with Crippen LogP contribution in [0.3, 0.4) is 0 Å². The van der Waals surface area contributed by atoms with Crippen molar-refractivity contribution in [2.24, 2.45) is 0 Å². The number of hydrogen-bond donors (Lipinski definition) is 3. The van der Waals surface area contributed by atoms with E-state index >= 15 is 0 Å². The van der Waals surface area contributed by atoms with Gasteiger partial charge in [-0.2, -0.15) is 0 Å². The van der Waals surface area contributed by atoms with Gasteiger partial charge in [0.25, 0.3) is 11.2 Å². The summed E-state index contributed by atoms with van der Waals surface area (Å²) in [5.74, 6) is 0.103. The smallest absolute Gasteiger partial charge is 0.387 e. The van der Waals surface area contributed by atoms with Crippen LogP contribution in [0.15, 0.2) is 47.3 Å². The highest BCUT2D eigenvalue weighted by molar-refractivity contribution is 6.35. The van der Waals surface area contributed by atoms with E-state index in [-0.39, 0.29) is 17.8 Å². The van der Waals surface area contributed by atoms with Crippen molar-refractivity contribution in [3.05, 3.63) is 85.7 Å². The van der Waals surface area contributed by atoms with Crippen molar-refractivity contribution in [2.45, 2.75) is 26.2 Å². The highest BCUT2D eigenvalue weighted by atomic mass is 35.5. The number of carbonyl (C=O) groups excluding carboxylic acids is 1. The number of methoxy groups -OCH3 is 1. The summed E-state index contributed by atoms with van der Waals surface area (Å²) in [7, 11) is 1.54. The van der Waals surface area contributed by atoms with Crippen molar-refractivity contribution in [1.82, 2.24) is 10.3 Å². The standard InChI is InChI=1S/C10H5ClN2O.C7H8ClNO.C5H7NO2.C5H11N/c1-12-9-5-6-7(11)3-2-4-8(6)13-10(9)14;1-10-7-5(8)3-2-4-6(7)9;1-3-8-5(7)4-6-2;1-2-4-6-5-3-1/h2-5H,(H,13,14);2-4H,9H2,1H3;3-4H2,1H3;6H,1-5H2. The molecule has 4 N–H and O–H groups in total. The molecule has 2 aromatic carbocycles. The minimum Gasteiger partial charge on any atom is -0.493 e. The number of hydrogen-bond acceptors (Lipinski definition) is 6. The Labute approximate surface area is 232 Å². The number of fused-ring (bicyclic) bond motifs is 1. The van der Waals surface area contributed by atoms with Crippen molar-refractivity contribution in [2.75, 3.05) is 39.1 Å². The first kappa shape index (κ1) is 32.3. The number of benzene rings is 2. The van der Waals surface area contributed by atoms with Crippen LogP contribution in [-0.2, 0) is 9.53 Å². The predicted molar refractivity (Wildman–Crippen MR) is 153 cm³/mol. The number of carbonyl (C=O) groups is 1. The monoisotopic (exact) mass is 559 g/mol. The number of nitrogens with one attached hydrogen (secondary N) is 2. The second kappa shape index (κ2) is 18.5. The summed E-state index contributed by atoms with van der Waals surface area (Å²) in [6.07, 6.45) is 4.22. The largest absolute Gasteiger partial charge is 0.493 e. The summed E-state index contributed by atoms with van der Waals surface area (Å²) in [5, 5.41) is 5.05. The topological polar surface area (TPSA) is 115 Å². The molecule has 2 heterocycles. The number of nitrogen functional groups attached to an aromatic ring is 1. The molecular formula is C27H31Cl2N5O4. The number of nitrogens with two attached hydrogens (primary N) is 1. The van der Waals surface area contributed by atoms with Crippen LogP contribution in [0.1, 0.15) is 26.2 Å². The zero-order valence-electron chi connectivity index (χ0n) is 21.4. The van der Waals surface area contributed by atoms with Crippen LogP contribution < -0.4 is 21.3 Å². The fourth-order valence-corrected chi connectivity index (χ4v) is 3.57. The summed E-state index contributed by atoms with van der Waals surface area (Å²) in [4.78, 5) is 30.0. The van der Waals surface area contributed by atoms with Crippen LogP contribution in [0.2, 0.25) is 10.0 Å². The van der Waals surface area contributed by atoms with Crippen molar-refractivity contribution in [3.8, 4) is 5.75 Å². The van der Waals surface area contributed by atoms with Gasteiger partial charge in [0.05, 0.1) is 31.0 Å². The number of para-hydroxylation sites is 1. The summed E-state index contributed by atoms with van der Waals surface area (Å²) >= 11 is 11.6. The van der Waals surface area contributed by atoms with E-state index in [1.807, 2.05) is 0 Å². The molecule has 0 bridgehead atoms. The number of H-pyrrole nitrogens is 1. The van der Waals surface area contributed by atoms with Crippen LogP contribution in [0, 0.1) is 13.1 Å². The van der Waals surface area contributed by atoms with Gasteiger partial charge in [-0.25, -0.2) is 16.2 Å². The fourth-order valence-electron chi connectivity index (χ4n) is 3.08. The maximum absolute atomic E-state index is 11.3. The Morgan fingerprint density at radius 1 is 1.08 bits per heavy atom. The average Bonchev–Trinajstić information content (AvgIpc) is 2.91. The van der Waals surface area contributed by atoms with E-state index in [0.717, 1.165) is 0 Å². The Bertz CT molecular complexity index is 1280. The predicted octanol–water partition coefficient (Wildman–Crippen LogP) is 5.89. The van der Waals surface area contributed by atoms with E-state index in [1.54, 1.807) is 43.3 Å². The van der Waals surface area contributed by atoms with Gasteiger partial charge in [0.1, 0.15) is 0 Å². The van der Waals surface area contributed by atoms with E-state index in [2.05, 4.69) is 24.7 Å². The maximum atomic E-state index is 11.3. The van der Waals surface area contributed by atoms with Gasteiger partial charge < -0.3 is 30.4 Å². The van der Waals surface area contributed by atoms with Gasteiger partial charge in [-0.05, 0) is 63.2 Å². The van der Waals surface area contributed by atoms with Gasteiger partial charge in [-0.1, -0.05) is 41.8 Å². The number of anilines is 1. The second-order valence-corrected chi connectivity index (χ2v) is 8.41. The molecule has 0 unspecified atom stereocenters. The van der Waals surface area contributed by atoms with Gasteiger partial charge in [-0.15, -0.1) is 0 Å². The molecule has 11 heteroatoms. The summed E-state index contributed by atoms with van der Waals surface area (Å²) in [6, 6.07) is 12.0. The molecule has 0 saturated carbocycles. The first-order chi connectivity index (χ1) is 18.3. The van der Waals surface area contributed by atoms with Crippen molar-refractivity contribution < 1.29 is 14.3 Å². The van der Waals surface area contributed by atoms with Gasteiger partial charge >= 0.3 is 12.5 Å². The molecule has 9 nitrogen and oxygen atoms in total. The number of piperidine rings is 1. The number of aromatic nitrogens is 1. The second-order valence-electron chi connectivity index (χ2n) is 7.59. The first-order valence-electron chi connectivity index (χ1n) is 11.8. The molecule has 1 saturated heterocycles. The van der Waals surface area contributed by atoms with E-state index in [9.17, 15) is 9.59 Å². The molecule has 0 radical (unpaired) electrons. The lowest BCUT2D eigenvalue weighted by atomic mass is 10.2. The van der Waals surface area contributed by atoms with Gasteiger partial charge in [0, 0.05) is 15.9 Å². The minimum atomic E-state index is -0.442. The molecule has 1 aliphatic rings. The number of nitrogens with zero attached hydrogens (tertiary/aromatic N) is 2. The summed E-state index contributed by atoms with van der Waals surface area (Å²) in [6.45, 7) is 17.4. The average molecular weight is 560 g/mol. The Morgan fingerprint density at radius 2 is 1.74 bits per heavy atom. The van der Waals surface area contributed by atoms with Crippen LogP contribution >= 0.6 is 23.2 Å². The normalized spacial score (nSPS) is 11.5. The van der Waals surface area contributed by atoms with Crippen LogP contribution in [-0.4, -0.2) is 44.3 Å². The fraction of sp³-hybridized carbons (Fsp3) is 0.333. The number of esters is 1. The number of pyridine rings is 1. The lowest BCUT2D eigenvalue weighted by Gasteiger charge is -2.08. The molecular weight excluding hydrogens is 529 g/mol. The Balaban J connectivity index is 0.000000267. The molecule has 202 valence electrons. The lowest BCUT2D eigenvalue weighted by molar-refractivity contribution is -0.140. The molecule has 1 aromatic heterocycles. The Hall–Kier alpha value is -3.76. The van der Waals surface area contributed by atoms with E-state index in [0.29, 0.717) is 39.0 Å². The van der Waals surface area contributed by atoms with Gasteiger partial charge in [0.15, 0.2) is 5.75 Å². The van der Waals surface area contributed by atoms with Crippen LogP contribution in [0.25, 0.3) is 20.6 Å². The molecule has 1 aliphatic heterocycles. The van der Waals surface area contributed by atoms with Crippen molar-refractivity contribution in [3.63, 3.8) is 0 Å². The van der Waals surface area contributed by atoms with E-state index in [4.69, 9.17) is 46.8 Å². The quantitative estimate of drug-likeness (QED) is 0.209. The Morgan fingerprint density at radius 3 is 2.21 bits per heavy atom. The molecule has 3 aromatic rings. The summed E-state index contributed by atoms with van der Waals surface area (Å²) < 4.78 is 9.35. The molecule has 0 atom stereocenters. The van der Waals surface area contributed by atoms with E-state index < -0.39 is 5.97 Å². The molecule has 0 spiro atoms. The third-order valence-electron chi connectivity index (χ3n) is 4.86. The minimum absolute atomic E-state index is 0.0607. The number of halogens is 2. The first-order valence-corrected chi connectivity index (χ1v) is 12.5. The van der Waals surface area contributed by atoms with Crippen molar-refractivity contribution >= 4 is 51.4 Å². The number of aromatic amines is 1. The lowest BCUT2D eigenvalue weighted by Crippen LogP contribution is -2.21. The third-order valence-corrected chi connectivity index (χ3v) is 5.48. The number of rotatable bonds is 3. The van der Waals surface area contributed by atoms with Crippen LogP contribution in [0.5, 0.6) is 5.75 Å². The Kier molecular flexibility index (Phi) is 15.7. The molecule has 0 aliphatic carbocycles. The molecule has 0 amide bonds. The maximum Gasteiger partial charge on any atom is 0.387 e. The highest BCUT2D eigenvalue weighted by Gasteiger charge is 2.04.